The van der Waals surface area contributed by atoms with Gasteiger partial charge in [0, 0.05) is 4.47 Å². The minimum Gasteiger partial charge on any atom is -0.322 e. The van der Waals surface area contributed by atoms with Crippen molar-refractivity contribution >= 4 is 39.5 Å². The fraction of sp³-hybridized carbons (Fsp3) is 0.304. The smallest absolute Gasteiger partial charge is 0.292 e. The van der Waals surface area contributed by atoms with Gasteiger partial charge in [0.1, 0.15) is 26.2 Å². The van der Waals surface area contributed by atoms with E-state index in [1.165, 1.54) is 20.3 Å². The van der Waals surface area contributed by atoms with E-state index < -0.39 is 0 Å². The summed E-state index contributed by atoms with van der Waals surface area (Å²) in [6.45, 7) is 4.87. The lowest BCUT2D eigenvalue weighted by atomic mass is 10.1. The van der Waals surface area contributed by atoms with Crippen LogP contribution >= 0.6 is 15.9 Å². The Kier molecular flexibility index (Phi) is 6.23. The molecule has 0 spiro atoms. The predicted octanol–water partition coefficient (Wildman–Crippen LogP) is 0.578. The number of nitrogens with one attached hydrogen (secondary N) is 2. The number of hydrogen-bond acceptors (Lipinski definition) is 2. The molecule has 0 radical (unpaired) electrons. The normalized spacial score (nSPS) is 25.1. The van der Waals surface area contributed by atoms with Gasteiger partial charge in [0.15, 0.2) is 6.04 Å². The Labute approximate surface area is 179 Å². The summed E-state index contributed by atoms with van der Waals surface area (Å²) in [7, 11) is 0. The molecule has 2 amide bonds. The molecule has 2 fully saturated rings. The highest BCUT2D eigenvalue weighted by Gasteiger charge is 2.46. The van der Waals surface area contributed by atoms with Crippen LogP contribution in [0.3, 0.4) is 0 Å². The van der Waals surface area contributed by atoms with Crippen molar-refractivity contribution in [1.29, 1.82) is 0 Å². The highest BCUT2D eigenvalue weighted by molar-refractivity contribution is 9.10. The number of benzene rings is 2. The minimum absolute atomic E-state index is 0.0558. The van der Waals surface area contributed by atoms with Crippen molar-refractivity contribution in [2.75, 3.05) is 37.6 Å². The second-order valence-corrected chi connectivity index (χ2v) is 8.64. The van der Waals surface area contributed by atoms with Gasteiger partial charge >= 0.3 is 0 Å². The van der Waals surface area contributed by atoms with E-state index in [-0.39, 0.29) is 17.9 Å². The van der Waals surface area contributed by atoms with Crippen LogP contribution in [-0.4, -0.2) is 50.6 Å². The first-order valence-electron chi connectivity index (χ1n) is 10.1. The van der Waals surface area contributed by atoms with Crippen LogP contribution < -0.4 is 14.7 Å². The topological polar surface area (TPSA) is 46.3 Å². The maximum Gasteiger partial charge on any atom is 0.292 e. The summed E-state index contributed by atoms with van der Waals surface area (Å²) < 4.78 is 0.933. The lowest BCUT2D eigenvalue weighted by Gasteiger charge is -2.31. The number of amides is 2. The van der Waals surface area contributed by atoms with Crippen molar-refractivity contribution in [3.05, 3.63) is 70.7 Å². The lowest BCUT2D eigenvalue weighted by Crippen LogP contribution is -3.30. The van der Waals surface area contributed by atoms with E-state index in [4.69, 9.17) is 0 Å². The first-order chi connectivity index (χ1) is 14.1. The van der Waals surface area contributed by atoms with E-state index in [9.17, 15) is 9.59 Å². The van der Waals surface area contributed by atoms with Gasteiger partial charge in [0.05, 0.1) is 18.7 Å². The largest absolute Gasteiger partial charge is 0.322 e. The van der Waals surface area contributed by atoms with Crippen molar-refractivity contribution in [2.45, 2.75) is 12.5 Å². The van der Waals surface area contributed by atoms with E-state index in [0.29, 0.717) is 12.1 Å². The Bertz CT molecular complexity index is 890. The van der Waals surface area contributed by atoms with Crippen molar-refractivity contribution in [2.24, 2.45) is 0 Å². The molecule has 6 heteroatoms. The molecular weight excluding hydrogens is 430 g/mol. The minimum atomic E-state index is -0.243. The number of piperazine rings is 1. The fourth-order valence-electron chi connectivity index (χ4n) is 4.22. The summed E-state index contributed by atoms with van der Waals surface area (Å²) in [4.78, 5) is 29.6. The average Bonchev–Trinajstić information content (AvgIpc) is 3.04. The SMILES string of the molecule is O=C1CC([NH+]2CC[NH+](CC=Cc3ccccc3)CC2)C(=O)N1c1ccc(Br)cc1. The van der Waals surface area contributed by atoms with Gasteiger partial charge in [0.25, 0.3) is 5.91 Å². The van der Waals surface area contributed by atoms with Crippen molar-refractivity contribution in [3.8, 4) is 0 Å². The Morgan fingerprint density at radius 1 is 0.966 bits per heavy atom. The molecule has 2 saturated heterocycles. The number of halogens is 1. The molecule has 2 heterocycles. The van der Waals surface area contributed by atoms with Crippen LogP contribution in [0.2, 0.25) is 0 Å². The van der Waals surface area contributed by atoms with Gasteiger partial charge in [-0.05, 0) is 35.9 Å². The standard InChI is InChI=1S/C23H24BrN3O2/c24-19-8-10-20(11-9-19)27-22(28)17-21(23(27)29)26-15-13-25(14-16-26)12-4-7-18-5-2-1-3-6-18/h1-11,21H,12-17H2/p+2. The van der Waals surface area contributed by atoms with Gasteiger partial charge in [0.2, 0.25) is 5.91 Å². The fourth-order valence-corrected chi connectivity index (χ4v) is 4.48. The highest BCUT2D eigenvalue weighted by Crippen LogP contribution is 2.23. The first-order valence-corrected chi connectivity index (χ1v) is 10.9. The summed E-state index contributed by atoms with van der Waals surface area (Å²) in [5, 5.41) is 0. The average molecular weight is 456 g/mol. The molecule has 0 aliphatic carbocycles. The molecule has 2 aromatic carbocycles. The van der Waals surface area contributed by atoms with Gasteiger partial charge in [-0.25, -0.2) is 4.90 Å². The maximum absolute atomic E-state index is 13.0. The molecule has 0 aromatic heterocycles. The summed E-state index contributed by atoms with van der Waals surface area (Å²) in [6, 6.07) is 17.4. The zero-order valence-electron chi connectivity index (χ0n) is 16.3. The van der Waals surface area contributed by atoms with Crippen LogP contribution in [-0.2, 0) is 9.59 Å². The van der Waals surface area contributed by atoms with Crippen LogP contribution in [0.25, 0.3) is 6.08 Å². The second-order valence-electron chi connectivity index (χ2n) is 7.73. The van der Waals surface area contributed by atoms with Crippen LogP contribution in [0.1, 0.15) is 12.0 Å². The third-order valence-electron chi connectivity index (χ3n) is 5.84. The number of quaternary nitrogens is 2. The first kappa shape index (κ1) is 20.0. The molecule has 4 rings (SSSR count). The third kappa shape index (κ3) is 4.66. The molecular formula is C23H26BrN3O2+2. The molecule has 2 aliphatic rings. The molecule has 0 bridgehead atoms. The molecule has 2 aromatic rings. The number of carbonyl (C=O) groups excluding carboxylic acids is 2. The molecule has 2 aliphatic heterocycles. The Morgan fingerprint density at radius 2 is 1.66 bits per heavy atom. The maximum atomic E-state index is 13.0. The van der Waals surface area contributed by atoms with Crippen molar-refractivity contribution in [1.82, 2.24) is 0 Å². The zero-order valence-corrected chi connectivity index (χ0v) is 17.9. The Balaban J connectivity index is 1.31. The van der Waals surface area contributed by atoms with Crippen LogP contribution in [0.15, 0.2) is 65.1 Å². The van der Waals surface area contributed by atoms with E-state index in [1.807, 2.05) is 42.5 Å². The molecule has 150 valence electrons. The summed E-state index contributed by atoms with van der Waals surface area (Å²) >= 11 is 3.40. The summed E-state index contributed by atoms with van der Waals surface area (Å²) in [5.74, 6) is -0.143. The number of hydrogen-bond donors (Lipinski definition) is 2. The zero-order chi connectivity index (χ0) is 20.2. The van der Waals surface area contributed by atoms with E-state index >= 15 is 0 Å². The summed E-state index contributed by atoms with van der Waals surface area (Å²) in [5.41, 5.74) is 1.89. The molecule has 5 nitrogen and oxygen atoms in total. The van der Waals surface area contributed by atoms with Gasteiger partial charge in [-0.3, -0.25) is 9.59 Å². The number of anilines is 1. The van der Waals surface area contributed by atoms with Gasteiger partial charge in [-0.1, -0.05) is 52.3 Å². The van der Waals surface area contributed by atoms with Gasteiger partial charge in [-0.2, -0.15) is 0 Å². The molecule has 1 unspecified atom stereocenters. The Morgan fingerprint density at radius 3 is 2.34 bits per heavy atom. The highest BCUT2D eigenvalue weighted by atomic mass is 79.9. The number of imide groups is 1. The lowest BCUT2D eigenvalue weighted by molar-refractivity contribution is -1.02. The molecule has 2 N–H and O–H groups in total. The van der Waals surface area contributed by atoms with E-state index in [0.717, 1.165) is 37.2 Å². The number of nitrogens with zero attached hydrogens (tertiary/aromatic N) is 1. The number of carbonyl (C=O) groups is 2. The van der Waals surface area contributed by atoms with Gasteiger partial charge in [-0.15, -0.1) is 0 Å². The molecule has 1 atom stereocenters. The van der Waals surface area contributed by atoms with E-state index in [2.05, 4.69) is 40.2 Å². The van der Waals surface area contributed by atoms with Crippen LogP contribution in [0, 0.1) is 0 Å². The number of rotatable bonds is 5. The van der Waals surface area contributed by atoms with Crippen molar-refractivity contribution < 1.29 is 19.4 Å². The van der Waals surface area contributed by atoms with Crippen LogP contribution in [0.4, 0.5) is 5.69 Å². The van der Waals surface area contributed by atoms with Crippen molar-refractivity contribution in [3.63, 3.8) is 0 Å². The summed E-state index contributed by atoms with van der Waals surface area (Å²) in [6.07, 6.45) is 4.71. The third-order valence-corrected chi connectivity index (χ3v) is 6.37. The molecule has 0 saturated carbocycles. The monoisotopic (exact) mass is 455 g/mol. The molecule has 29 heavy (non-hydrogen) atoms. The quantitative estimate of drug-likeness (QED) is 0.647. The second kappa shape index (κ2) is 9.03. The predicted molar refractivity (Wildman–Crippen MR) is 117 cm³/mol. The van der Waals surface area contributed by atoms with Gasteiger partial charge < -0.3 is 9.80 Å². The Hall–Kier alpha value is -2.28. The van der Waals surface area contributed by atoms with E-state index in [1.54, 1.807) is 0 Å². The van der Waals surface area contributed by atoms with Crippen LogP contribution in [0.5, 0.6) is 0 Å².